The summed E-state index contributed by atoms with van der Waals surface area (Å²) in [5.41, 5.74) is 7.55. The molecular weight excluding hydrogens is 328 g/mol. The highest BCUT2D eigenvalue weighted by Gasteiger charge is 2.14. The summed E-state index contributed by atoms with van der Waals surface area (Å²) in [6, 6.07) is 8.42. The second kappa shape index (κ2) is 9.72. The van der Waals surface area contributed by atoms with Crippen molar-refractivity contribution in [2.24, 2.45) is 0 Å². The van der Waals surface area contributed by atoms with Crippen LogP contribution in [0, 0.1) is 6.92 Å². The molecule has 26 heavy (non-hydrogen) atoms. The van der Waals surface area contributed by atoms with E-state index < -0.39 is 0 Å². The molecule has 0 saturated carbocycles. The molecule has 2 rings (SSSR count). The van der Waals surface area contributed by atoms with Gasteiger partial charge in [0.05, 0.1) is 19.8 Å². The maximum absolute atomic E-state index is 10.5. The Morgan fingerprint density at radius 2 is 1.15 bits per heavy atom. The van der Waals surface area contributed by atoms with Gasteiger partial charge in [-0.2, -0.15) is 0 Å². The third-order valence-corrected chi connectivity index (χ3v) is 4.64. The van der Waals surface area contributed by atoms with Gasteiger partial charge >= 0.3 is 0 Å². The number of phenolic OH excluding ortho intramolecular Hbond substituents is 1. The van der Waals surface area contributed by atoms with Crippen LogP contribution in [0.25, 0.3) is 11.1 Å². The van der Waals surface area contributed by atoms with Crippen LogP contribution in [0.1, 0.15) is 41.2 Å². The lowest BCUT2D eigenvalue weighted by Gasteiger charge is -2.17. The Bertz CT molecular complexity index is 619. The summed E-state index contributed by atoms with van der Waals surface area (Å²) in [6.45, 7) is 5.65. The molecule has 4 heteroatoms. The van der Waals surface area contributed by atoms with Crippen molar-refractivity contribution in [2.75, 3.05) is 21.3 Å². The molecule has 0 spiro atoms. The van der Waals surface area contributed by atoms with E-state index in [-0.39, 0.29) is 5.75 Å². The van der Waals surface area contributed by atoms with E-state index in [1.807, 2.05) is 12.1 Å². The summed E-state index contributed by atoms with van der Waals surface area (Å²) in [7, 11) is 4.98. The Morgan fingerprint density at radius 3 is 1.62 bits per heavy atom. The van der Waals surface area contributed by atoms with E-state index in [0.29, 0.717) is 19.8 Å². The average molecular weight is 358 g/mol. The standard InChI is InChI=1S/C22H30O4/c1-6-7-16-8-17(9-19(12-24-3)15(16)2)18-10-20(13-25-4)22(23)21(11-18)14-26-5/h8-11,23H,6-7,12-14H2,1-5H3. The van der Waals surface area contributed by atoms with E-state index in [4.69, 9.17) is 14.2 Å². The molecule has 142 valence electrons. The van der Waals surface area contributed by atoms with E-state index in [1.54, 1.807) is 21.3 Å². The zero-order valence-electron chi connectivity index (χ0n) is 16.5. The molecule has 0 aliphatic rings. The molecule has 0 aliphatic carbocycles. The summed E-state index contributed by atoms with van der Waals surface area (Å²) in [5, 5.41) is 10.5. The Hall–Kier alpha value is -1.88. The molecule has 0 bridgehead atoms. The summed E-state index contributed by atoms with van der Waals surface area (Å²) >= 11 is 0. The number of benzene rings is 2. The van der Waals surface area contributed by atoms with Gasteiger partial charge in [0, 0.05) is 32.5 Å². The van der Waals surface area contributed by atoms with Crippen molar-refractivity contribution in [1.82, 2.24) is 0 Å². The molecule has 0 aromatic heterocycles. The first-order valence-electron chi connectivity index (χ1n) is 9.00. The second-order valence-corrected chi connectivity index (χ2v) is 6.61. The van der Waals surface area contributed by atoms with Crippen molar-refractivity contribution < 1.29 is 19.3 Å². The maximum Gasteiger partial charge on any atom is 0.126 e. The first-order chi connectivity index (χ1) is 12.5. The monoisotopic (exact) mass is 358 g/mol. The van der Waals surface area contributed by atoms with Crippen LogP contribution < -0.4 is 0 Å². The smallest absolute Gasteiger partial charge is 0.126 e. The molecule has 2 aromatic rings. The molecule has 2 aromatic carbocycles. The number of aryl methyl sites for hydroxylation is 1. The highest BCUT2D eigenvalue weighted by Crippen LogP contribution is 2.33. The topological polar surface area (TPSA) is 47.9 Å². The van der Waals surface area contributed by atoms with Crippen molar-refractivity contribution in [2.45, 2.75) is 46.5 Å². The number of ether oxygens (including phenoxy) is 3. The molecule has 0 saturated heterocycles. The minimum Gasteiger partial charge on any atom is -0.507 e. The number of aromatic hydroxyl groups is 1. The number of phenols is 1. The van der Waals surface area contributed by atoms with Gasteiger partial charge in [-0.25, -0.2) is 0 Å². The van der Waals surface area contributed by atoms with Crippen molar-refractivity contribution in [3.05, 3.63) is 52.1 Å². The van der Waals surface area contributed by atoms with E-state index in [2.05, 4.69) is 26.0 Å². The lowest BCUT2D eigenvalue weighted by molar-refractivity contribution is 0.174. The van der Waals surface area contributed by atoms with Crippen molar-refractivity contribution in [1.29, 1.82) is 0 Å². The quantitative estimate of drug-likeness (QED) is 0.702. The van der Waals surface area contributed by atoms with Gasteiger partial charge in [-0.05, 0) is 59.4 Å². The zero-order valence-corrected chi connectivity index (χ0v) is 16.5. The predicted octanol–water partition coefficient (Wildman–Crippen LogP) is 4.76. The maximum atomic E-state index is 10.5. The summed E-state index contributed by atoms with van der Waals surface area (Å²) in [4.78, 5) is 0. The van der Waals surface area contributed by atoms with Crippen LogP contribution in [-0.2, 0) is 40.5 Å². The minimum atomic E-state index is 0.246. The van der Waals surface area contributed by atoms with Gasteiger partial charge in [0.15, 0.2) is 0 Å². The Morgan fingerprint density at radius 1 is 0.731 bits per heavy atom. The van der Waals surface area contributed by atoms with Gasteiger partial charge in [0.25, 0.3) is 0 Å². The normalized spacial score (nSPS) is 11.1. The fourth-order valence-electron chi connectivity index (χ4n) is 3.30. The minimum absolute atomic E-state index is 0.246. The van der Waals surface area contributed by atoms with Crippen molar-refractivity contribution >= 4 is 0 Å². The fourth-order valence-corrected chi connectivity index (χ4v) is 3.30. The molecule has 0 atom stereocenters. The van der Waals surface area contributed by atoms with Gasteiger partial charge in [-0.1, -0.05) is 19.4 Å². The molecule has 0 heterocycles. The first-order valence-corrected chi connectivity index (χ1v) is 9.00. The molecule has 0 radical (unpaired) electrons. The van der Waals surface area contributed by atoms with E-state index in [9.17, 15) is 5.11 Å². The molecular formula is C22H30O4. The summed E-state index contributed by atoms with van der Waals surface area (Å²) < 4.78 is 15.9. The van der Waals surface area contributed by atoms with Crippen LogP contribution in [-0.4, -0.2) is 26.4 Å². The molecule has 0 fully saturated rings. The number of hydrogen-bond acceptors (Lipinski definition) is 4. The van der Waals surface area contributed by atoms with Gasteiger partial charge in [-0.3, -0.25) is 0 Å². The van der Waals surface area contributed by atoms with Gasteiger partial charge in [0.2, 0.25) is 0 Å². The van der Waals surface area contributed by atoms with Crippen LogP contribution in [0.3, 0.4) is 0 Å². The van der Waals surface area contributed by atoms with Gasteiger partial charge in [0.1, 0.15) is 5.75 Å². The SMILES string of the molecule is CCCc1cc(-c2cc(COC)c(O)c(COC)c2)cc(COC)c1C. The van der Waals surface area contributed by atoms with Gasteiger partial charge < -0.3 is 19.3 Å². The second-order valence-electron chi connectivity index (χ2n) is 6.61. The molecule has 0 amide bonds. The lowest BCUT2D eigenvalue weighted by atomic mass is 9.91. The third kappa shape index (κ3) is 4.64. The van der Waals surface area contributed by atoms with E-state index in [0.717, 1.165) is 35.1 Å². The van der Waals surface area contributed by atoms with Gasteiger partial charge in [-0.15, -0.1) is 0 Å². The zero-order chi connectivity index (χ0) is 19.1. The molecule has 0 unspecified atom stereocenters. The first kappa shape index (κ1) is 20.4. The number of rotatable bonds is 9. The highest BCUT2D eigenvalue weighted by atomic mass is 16.5. The Labute approximate surface area is 156 Å². The van der Waals surface area contributed by atoms with Crippen molar-refractivity contribution in [3.63, 3.8) is 0 Å². The van der Waals surface area contributed by atoms with Crippen LogP contribution in [0.15, 0.2) is 24.3 Å². The van der Waals surface area contributed by atoms with E-state index in [1.165, 1.54) is 16.7 Å². The predicted molar refractivity (Wildman–Crippen MR) is 104 cm³/mol. The lowest BCUT2D eigenvalue weighted by Crippen LogP contribution is -2.00. The molecule has 1 N–H and O–H groups in total. The number of methoxy groups -OCH3 is 3. The summed E-state index contributed by atoms with van der Waals surface area (Å²) in [5.74, 6) is 0.246. The number of hydrogen-bond donors (Lipinski definition) is 1. The Balaban J connectivity index is 2.61. The largest absolute Gasteiger partial charge is 0.507 e. The van der Waals surface area contributed by atoms with Crippen molar-refractivity contribution in [3.8, 4) is 16.9 Å². The highest BCUT2D eigenvalue weighted by molar-refractivity contribution is 5.69. The molecule has 0 aliphatic heterocycles. The van der Waals surface area contributed by atoms with E-state index >= 15 is 0 Å². The van der Waals surface area contributed by atoms with Crippen LogP contribution in [0.5, 0.6) is 5.75 Å². The van der Waals surface area contributed by atoms with Crippen LogP contribution in [0.4, 0.5) is 0 Å². The average Bonchev–Trinajstić information content (AvgIpc) is 2.62. The van der Waals surface area contributed by atoms with Crippen LogP contribution >= 0.6 is 0 Å². The molecule has 4 nitrogen and oxygen atoms in total. The Kier molecular flexibility index (Phi) is 7.64. The van der Waals surface area contributed by atoms with Crippen LogP contribution in [0.2, 0.25) is 0 Å². The fraction of sp³-hybridized carbons (Fsp3) is 0.455. The summed E-state index contributed by atoms with van der Waals surface area (Å²) in [6.07, 6.45) is 2.13. The third-order valence-electron chi connectivity index (χ3n) is 4.64.